The van der Waals surface area contributed by atoms with Crippen LogP contribution in [0.25, 0.3) is 0 Å². The molecule has 96 valence electrons. The topological polar surface area (TPSA) is 54.2 Å². The van der Waals surface area contributed by atoms with Crippen molar-refractivity contribution in [2.75, 3.05) is 13.1 Å². The molecule has 5 heteroatoms. The van der Waals surface area contributed by atoms with E-state index in [-0.39, 0.29) is 6.10 Å². The van der Waals surface area contributed by atoms with Crippen LogP contribution in [0.5, 0.6) is 0 Å². The van der Waals surface area contributed by atoms with E-state index in [1.54, 1.807) is 6.33 Å². The minimum atomic E-state index is -0.144. The summed E-state index contributed by atoms with van der Waals surface area (Å²) in [5, 5.41) is 13.9. The largest absolute Gasteiger partial charge is 0.393 e. The zero-order chi connectivity index (χ0) is 12.4. The third-order valence-corrected chi connectivity index (χ3v) is 3.45. The quantitative estimate of drug-likeness (QED) is 0.855. The van der Waals surface area contributed by atoms with Crippen molar-refractivity contribution in [3.63, 3.8) is 0 Å². The minimum Gasteiger partial charge on any atom is -0.393 e. The number of aliphatic hydroxyl groups is 1. The fourth-order valence-electron chi connectivity index (χ4n) is 2.38. The SMILES string of the molecule is CC1CN(Cc2ncnn2C(C)C)CCC1O. The first-order chi connectivity index (χ1) is 8.08. The van der Waals surface area contributed by atoms with Gasteiger partial charge in [-0.1, -0.05) is 6.92 Å². The Bertz CT molecular complexity index is 363. The van der Waals surface area contributed by atoms with Crippen molar-refractivity contribution in [2.24, 2.45) is 5.92 Å². The highest BCUT2D eigenvalue weighted by atomic mass is 16.3. The number of piperidine rings is 1. The molecule has 2 unspecified atom stereocenters. The Morgan fingerprint density at radius 1 is 1.53 bits per heavy atom. The van der Waals surface area contributed by atoms with Gasteiger partial charge in [0.25, 0.3) is 0 Å². The normalized spacial score (nSPS) is 26.6. The molecule has 0 saturated carbocycles. The predicted octanol–water partition coefficient (Wildman–Crippen LogP) is 1.06. The molecule has 1 N–H and O–H groups in total. The molecule has 1 aliphatic rings. The smallest absolute Gasteiger partial charge is 0.141 e. The molecule has 0 amide bonds. The molecule has 1 aliphatic heterocycles. The van der Waals surface area contributed by atoms with Crippen molar-refractivity contribution in [1.82, 2.24) is 19.7 Å². The van der Waals surface area contributed by atoms with Crippen LogP contribution in [0.3, 0.4) is 0 Å². The first-order valence-corrected chi connectivity index (χ1v) is 6.36. The van der Waals surface area contributed by atoms with Crippen molar-refractivity contribution in [1.29, 1.82) is 0 Å². The molecule has 2 atom stereocenters. The van der Waals surface area contributed by atoms with Gasteiger partial charge in [-0.2, -0.15) is 5.10 Å². The van der Waals surface area contributed by atoms with E-state index in [2.05, 4.69) is 35.8 Å². The Hall–Kier alpha value is -0.940. The van der Waals surface area contributed by atoms with E-state index < -0.39 is 0 Å². The van der Waals surface area contributed by atoms with Crippen molar-refractivity contribution in [2.45, 2.75) is 45.9 Å². The number of aromatic nitrogens is 3. The molecule has 1 saturated heterocycles. The van der Waals surface area contributed by atoms with Crippen LogP contribution in [0.15, 0.2) is 6.33 Å². The van der Waals surface area contributed by atoms with E-state index >= 15 is 0 Å². The van der Waals surface area contributed by atoms with Gasteiger partial charge in [0.15, 0.2) is 0 Å². The molecule has 17 heavy (non-hydrogen) atoms. The van der Waals surface area contributed by atoms with Gasteiger partial charge < -0.3 is 5.11 Å². The van der Waals surface area contributed by atoms with Gasteiger partial charge in [0, 0.05) is 19.1 Å². The number of hydrogen-bond acceptors (Lipinski definition) is 4. The van der Waals surface area contributed by atoms with Gasteiger partial charge in [-0.25, -0.2) is 9.67 Å². The van der Waals surface area contributed by atoms with E-state index in [9.17, 15) is 5.11 Å². The summed E-state index contributed by atoms with van der Waals surface area (Å²) in [5.41, 5.74) is 0. The van der Waals surface area contributed by atoms with Crippen LogP contribution in [0.1, 0.15) is 39.1 Å². The summed E-state index contributed by atoms with van der Waals surface area (Å²) in [4.78, 5) is 6.67. The highest BCUT2D eigenvalue weighted by Crippen LogP contribution is 2.18. The Morgan fingerprint density at radius 2 is 2.29 bits per heavy atom. The number of hydrogen-bond donors (Lipinski definition) is 1. The summed E-state index contributed by atoms with van der Waals surface area (Å²) in [7, 11) is 0. The van der Waals surface area contributed by atoms with Crippen molar-refractivity contribution >= 4 is 0 Å². The zero-order valence-corrected chi connectivity index (χ0v) is 10.9. The molecule has 0 radical (unpaired) electrons. The summed E-state index contributed by atoms with van der Waals surface area (Å²) >= 11 is 0. The average molecular weight is 238 g/mol. The van der Waals surface area contributed by atoms with Crippen LogP contribution in [-0.4, -0.2) is 44.0 Å². The van der Waals surface area contributed by atoms with Crippen molar-refractivity contribution < 1.29 is 5.11 Å². The molecular formula is C12H22N4O. The lowest BCUT2D eigenvalue weighted by Crippen LogP contribution is -2.41. The fourth-order valence-corrected chi connectivity index (χ4v) is 2.38. The van der Waals surface area contributed by atoms with Gasteiger partial charge in [-0.15, -0.1) is 0 Å². The maximum atomic E-state index is 9.70. The zero-order valence-electron chi connectivity index (χ0n) is 10.9. The molecule has 0 bridgehead atoms. The summed E-state index contributed by atoms with van der Waals surface area (Å²) < 4.78 is 1.97. The summed E-state index contributed by atoms with van der Waals surface area (Å²) in [5.74, 6) is 1.36. The van der Waals surface area contributed by atoms with Crippen LogP contribution < -0.4 is 0 Å². The molecule has 1 fully saturated rings. The third kappa shape index (κ3) is 2.84. The maximum absolute atomic E-state index is 9.70. The second-order valence-electron chi connectivity index (χ2n) is 5.28. The van der Waals surface area contributed by atoms with Crippen LogP contribution in [0.4, 0.5) is 0 Å². The summed E-state index contributed by atoms with van der Waals surface area (Å²) in [6.45, 7) is 9.03. The summed E-state index contributed by atoms with van der Waals surface area (Å²) in [6.07, 6.45) is 2.34. The van der Waals surface area contributed by atoms with Gasteiger partial charge in [0.05, 0.1) is 12.6 Å². The second-order valence-corrected chi connectivity index (χ2v) is 5.28. The van der Waals surface area contributed by atoms with Gasteiger partial charge in [0.2, 0.25) is 0 Å². The number of aliphatic hydroxyl groups excluding tert-OH is 1. The third-order valence-electron chi connectivity index (χ3n) is 3.45. The second kappa shape index (κ2) is 5.14. The Morgan fingerprint density at radius 3 is 2.94 bits per heavy atom. The Balaban J connectivity index is 1.99. The predicted molar refractivity (Wildman–Crippen MR) is 65.5 cm³/mol. The average Bonchev–Trinajstić information content (AvgIpc) is 2.72. The van der Waals surface area contributed by atoms with Crippen LogP contribution >= 0.6 is 0 Å². The molecule has 0 aromatic carbocycles. The number of rotatable bonds is 3. The Labute approximate surface area is 102 Å². The van der Waals surface area contributed by atoms with Gasteiger partial charge >= 0.3 is 0 Å². The van der Waals surface area contributed by atoms with Crippen LogP contribution in [0, 0.1) is 5.92 Å². The molecule has 2 rings (SSSR count). The monoisotopic (exact) mass is 238 g/mol. The molecule has 0 aliphatic carbocycles. The van der Waals surface area contributed by atoms with Crippen molar-refractivity contribution in [3.8, 4) is 0 Å². The van der Waals surface area contributed by atoms with Gasteiger partial charge in [-0.3, -0.25) is 4.90 Å². The Kier molecular flexibility index (Phi) is 3.79. The standard InChI is InChI=1S/C12H22N4O/c1-9(2)16-12(13-8-14-16)7-15-5-4-11(17)10(3)6-15/h8-11,17H,4-7H2,1-3H3. The molecule has 5 nitrogen and oxygen atoms in total. The van der Waals surface area contributed by atoms with Crippen LogP contribution in [-0.2, 0) is 6.54 Å². The first-order valence-electron chi connectivity index (χ1n) is 6.36. The van der Waals surface area contributed by atoms with E-state index in [1.165, 1.54) is 0 Å². The van der Waals surface area contributed by atoms with Crippen LogP contribution in [0.2, 0.25) is 0 Å². The molecule has 1 aromatic heterocycles. The fraction of sp³-hybridized carbons (Fsp3) is 0.833. The molecular weight excluding hydrogens is 216 g/mol. The van der Waals surface area contributed by atoms with E-state index in [4.69, 9.17) is 0 Å². The van der Waals surface area contributed by atoms with E-state index in [0.29, 0.717) is 12.0 Å². The van der Waals surface area contributed by atoms with Gasteiger partial charge in [-0.05, 0) is 26.2 Å². The maximum Gasteiger partial charge on any atom is 0.141 e. The minimum absolute atomic E-state index is 0.144. The van der Waals surface area contributed by atoms with E-state index in [0.717, 1.165) is 31.9 Å². The first kappa shape index (κ1) is 12.5. The molecule has 0 spiro atoms. The number of likely N-dealkylation sites (tertiary alicyclic amines) is 1. The highest BCUT2D eigenvalue weighted by molar-refractivity contribution is 4.88. The lowest BCUT2D eigenvalue weighted by Gasteiger charge is -2.34. The lowest BCUT2D eigenvalue weighted by molar-refractivity contribution is 0.0304. The van der Waals surface area contributed by atoms with Gasteiger partial charge in [0.1, 0.15) is 12.2 Å². The molecule has 1 aromatic rings. The summed E-state index contributed by atoms with van der Waals surface area (Å²) in [6, 6.07) is 0.348. The highest BCUT2D eigenvalue weighted by Gasteiger charge is 2.25. The number of nitrogens with zero attached hydrogens (tertiary/aromatic N) is 4. The lowest BCUT2D eigenvalue weighted by atomic mass is 9.97. The van der Waals surface area contributed by atoms with Crippen molar-refractivity contribution in [3.05, 3.63) is 12.2 Å². The van der Waals surface area contributed by atoms with E-state index in [1.807, 2.05) is 4.68 Å². The molecule has 2 heterocycles.